The topological polar surface area (TPSA) is 42.2 Å². The van der Waals surface area contributed by atoms with E-state index in [0.29, 0.717) is 6.20 Å². The van der Waals surface area contributed by atoms with Gasteiger partial charge >= 0.3 is 6.18 Å². The zero-order valence-corrected chi connectivity index (χ0v) is 9.62. The van der Waals surface area contributed by atoms with Gasteiger partial charge in [-0.1, -0.05) is 15.9 Å². The lowest BCUT2D eigenvalue weighted by molar-refractivity contribution is -0.138. The number of hydrogen-bond acceptors (Lipinski definition) is 2. The lowest BCUT2D eigenvalue weighted by atomic mass is 10.2. The van der Waals surface area contributed by atoms with Gasteiger partial charge in [0.2, 0.25) is 0 Å². The Hall–Kier alpha value is -0.820. The van der Waals surface area contributed by atoms with Crippen LogP contribution in [0.3, 0.4) is 0 Å². The SMILES string of the molecule is O=c1ccc(C(F)(F)F)cn1CC(O)CBr. The van der Waals surface area contributed by atoms with E-state index in [1.807, 2.05) is 0 Å². The molecule has 1 aromatic heterocycles. The van der Waals surface area contributed by atoms with Gasteiger partial charge in [0.15, 0.2) is 0 Å². The van der Waals surface area contributed by atoms with Crippen molar-refractivity contribution in [2.45, 2.75) is 18.8 Å². The molecule has 7 heteroatoms. The van der Waals surface area contributed by atoms with E-state index in [9.17, 15) is 23.1 Å². The third kappa shape index (κ3) is 3.34. The molecule has 0 spiro atoms. The first-order chi connectivity index (χ1) is 7.34. The number of aromatic nitrogens is 1. The number of alkyl halides is 4. The maximum absolute atomic E-state index is 12.3. The molecule has 0 amide bonds. The zero-order chi connectivity index (χ0) is 12.3. The van der Waals surface area contributed by atoms with E-state index in [2.05, 4.69) is 15.9 Å². The highest BCUT2D eigenvalue weighted by Gasteiger charge is 2.31. The number of aliphatic hydroxyl groups excluding tert-OH is 1. The van der Waals surface area contributed by atoms with Gasteiger partial charge in [0, 0.05) is 17.6 Å². The summed E-state index contributed by atoms with van der Waals surface area (Å²) in [5, 5.41) is 9.43. The third-order valence-electron chi connectivity index (χ3n) is 1.90. The predicted molar refractivity (Wildman–Crippen MR) is 55.5 cm³/mol. The highest BCUT2D eigenvalue weighted by atomic mass is 79.9. The number of nitrogens with zero attached hydrogens (tertiary/aromatic N) is 1. The van der Waals surface area contributed by atoms with Gasteiger partial charge in [-0.25, -0.2) is 0 Å². The van der Waals surface area contributed by atoms with E-state index in [-0.39, 0.29) is 11.9 Å². The van der Waals surface area contributed by atoms with E-state index in [1.54, 1.807) is 0 Å². The van der Waals surface area contributed by atoms with Crippen LogP contribution in [-0.4, -0.2) is 21.1 Å². The van der Waals surface area contributed by atoms with Crippen molar-refractivity contribution in [2.75, 3.05) is 5.33 Å². The van der Waals surface area contributed by atoms with Crippen molar-refractivity contribution in [2.24, 2.45) is 0 Å². The first-order valence-electron chi connectivity index (χ1n) is 4.36. The summed E-state index contributed by atoms with van der Waals surface area (Å²) in [6, 6.07) is 1.56. The maximum atomic E-state index is 12.3. The first kappa shape index (κ1) is 13.2. The molecule has 1 heterocycles. The van der Waals surface area contributed by atoms with Gasteiger partial charge in [-0.15, -0.1) is 0 Å². The van der Waals surface area contributed by atoms with Gasteiger partial charge in [-0.2, -0.15) is 13.2 Å². The summed E-state index contributed by atoms with van der Waals surface area (Å²) >= 11 is 2.97. The van der Waals surface area contributed by atoms with Gasteiger partial charge in [-0.05, 0) is 6.07 Å². The lowest BCUT2D eigenvalue weighted by Crippen LogP contribution is -2.27. The number of rotatable bonds is 3. The lowest BCUT2D eigenvalue weighted by Gasteiger charge is -2.12. The Bertz CT molecular complexity index is 416. The van der Waals surface area contributed by atoms with Crippen LogP contribution in [0.25, 0.3) is 0 Å². The number of pyridine rings is 1. The minimum atomic E-state index is -4.49. The van der Waals surface area contributed by atoms with Crippen LogP contribution in [0.5, 0.6) is 0 Å². The predicted octanol–water partition coefficient (Wildman–Crippen LogP) is 1.62. The molecule has 0 radical (unpaired) electrons. The van der Waals surface area contributed by atoms with Crippen molar-refractivity contribution >= 4 is 15.9 Å². The van der Waals surface area contributed by atoms with Crippen molar-refractivity contribution < 1.29 is 18.3 Å². The van der Waals surface area contributed by atoms with E-state index >= 15 is 0 Å². The van der Waals surface area contributed by atoms with Crippen LogP contribution >= 0.6 is 15.9 Å². The Balaban J connectivity index is 3.05. The summed E-state index contributed by atoms with van der Waals surface area (Å²) in [6.07, 6.45) is -4.69. The average Bonchev–Trinajstić information content (AvgIpc) is 2.19. The number of hydrogen-bond donors (Lipinski definition) is 1. The van der Waals surface area contributed by atoms with Crippen LogP contribution in [0.2, 0.25) is 0 Å². The summed E-state index contributed by atoms with van der Waals surface area (Å²) in [4.78, 5) is 11.2. The molecule has 3 nitrogen and oxygen atoms in total. The molecule has 0 aliphatic rings. The molecule has 1 rings (SSSR count). The Morgan fingerprint density at radius 2 is 2.06 bits per heavy atom. The molecule has 1 N–H and O–H groups in total. The Morgan fingerprint density at radius 1 is 1.44 bits per heavy atom. The largest absolute Gasteiger partial charge is 0.417 e. The Labute approximate surface area is 97.6 Å². The van der Waals surface area contributed by atoms with Gasteiger partial charge in [0.1, 0.15) is 0 Å². The molecule has 16 heavy (non-hydrogen) atoms. The molecule has 1 aromatic rings. The van der Waals surface area contributed by atoms with Crippen LogP contribution in [0.1, 0.15) is 5.56 Å². The van der Waals surface area contributed by atoms with Crippen LogP contribution < -0.4 is 5.56 Å². The van der Waals surface area contributed by atoms with E-state index in [1.165, 1.54) is 0 Å². The van der Waals surface area contributed by atoms with Crippen molar-refractivity contribution in [1.29, 1.82) is 0 Å². The van der Waals surface area contributed by atoms with Crippen molar-refractivity contribution in [3.63, 3.8) is 0 Å². The standard InChI is InChI=1S/C9H9BrF3NO2/c10-3-7(15)5-14-4-6(9(11,12)13)1-2-8(14)16/h1-2,4,7,15H,3,5H2. The smallest absolute Gasteiger partial charge is 0.390 e. The third-order valence-corrected chi connectivity index (χ3v) is 2.64. The maximum Gasteiger partial charge on any atom is 0.417 e. The minimum absolute atomic E-state index is 0.173. The monoisotopic (exact) mass is 299 g/mol. The average molecular weight is 300 g/mol. The summed E-state index contributed by atoms with van der Waals surface area (Å²) in [5.41, 5.74) is -1.48. The first-order valence-corrected chi connectivity index (χ1v) is 5.48. The fraction of sp³-hybridized carbons (Fsp3) is 0.444. The quantitative estimate of drug-likeness (QED) is 0.862. The second kappa shape index (κ2) is 5.01. The fourth-order valence-corrected chi connectivity index (χ4v) is 1.32. The molecule has 1 unspecified atom stereocenters. The van der Waals surface area contributed by atoms with Crippen molar-refractivity contribution in [3.8, 4) is 0 Å². The molecule has 0 saturated heterocycles. The van der Waals surface area contributed by atoms with Gasteiger partial charge in [0.25, 0.3) is 5.56 Å². The molecule has 0 fully saturated rings. The molecule has 1 atom stereocenters. The van der Waals surface area contributed by atoms with Gasteiger partial charge in [0.05, 0.1) is 18.2 Å². The molecule has 90 valence electrons. The van der Waals surface area contributed by atoms with Crippen molar-refractivity contribution in [3.05, 3.63) is 34.2 Å². The normalized spacial score (nSPS) is 13.8. The summed E-state index contributed by atoms with van der Waals surface area (Å²) in [7, 11) is 0. The zero-order valence-electron chi connectivity index (χ0n) is 8.04. The second-order valence-electron chi connectivity index (χ2n) is 3.21. The minimum Gasteiger partial charge on any atom is -0.390 e. The number of aliphatic hydroxyl groups is 1. The molecule has 0 aliphatic carbocycles. The van der Waals surface area contributed by atoms with Gasteiger partial charge in [-0.3, -0.25) is 4.79 Å². The fourth-order valence-electron chi connectivity index (χ4n) is 1.12. The molecular weight excluding hydrogens is 291 g/mol. The second-order valence-corrected chi connectivity index (χ2v) is 3.86. The Morgan fingerprint density at radius 3 is 2.56 bits per heavy atom. The van der Waals surface area contributed by atoms with E-state index in [0.717, 1.165) is 16.7 Å². The van der Waals surface area contributed by atoms with Crippen LogP contribution in [0.15, 0.2) is 23.1 Å². The summed E-state index contributed by atoms with van der Waals surface area (Å²) < 4.78 is 37.8. The van der Waals surface area contributed by atoms with Crippen LogP contribution in [-0.2, 0) is 12.7 Å². The molecule has 0 aliphatic heterocycles. The summed E-state index contributed by atoms with van der Waals surface area (Å²) in [6.45, 7) is -0.173. The summed E-state index contributed by atoms with van der Waals surface area (Å²) in [5.74, 6) is 0. The van der Waals surface area contributed by atoms with E-state index < -0.39 is 23.4 Å². The van der Waals surface area contributed by atoms with Crippen molar-refractivity contribution in [1.82, 2.24) is 4.57 Å². The highest BCUT2D eigenvalue weighted by molar-refractivity contribution is 9.09. The molecule has 0 aromatic carbocycles. The van der Waals surface area contributed by atoms with E-state index in [4.69, 9.17) is 0 Å². The van der Waals surface area contributed by atoms with Crippen LogP contribution in [0.4, 0.5) is 13.2 Å². The highest BCUT2D eigenvalue weighted by Crippen LogP contribution is 2.27. The molecular formula is C9H9BrF3NO2. The van der Waals surface area contributed by atoms with Crippen LogP contribution in [0, 0.1) is 0 Å². The Kier molecular flexibility index (Phi) is 4.15. The molecule has 0 saturated carbocycles. The molecule has 0 bridgehead atoms. The number of halogens is 4. The van der Waals surface area contributed by atoms with Gasteiger partial charge < -0.3 is 9.67 Å².